The van der Waals surface area contributed by atoms with Crippen LogP contribution in [0, 0.1) is 19.8 Å². The molecular formula is C16H21BrN2O. The molecule has 1 fully saturated rings. The maximum Gasteiger partial charge on any atom is 0.215 e. The number of aryl methyl sites for hydroxylation is 2. The van der Waals surface area contributed by atoms with Gasteiger partial charge >= 0.3 is 0 Å². The summed E-state index contributed by atoms with van der Waals surface area (Å²) in [6.07, 6.45) is 6.69. The molecule has 108 valence electrons. The second-order valence-electron chi connectivity index (χ2n) is 5.88. The normalized spacial score (nSPS) is 16.8. The van der Waals surface area contributed by atoms with Crippen molar-refractivity contribution in [2.45, 2.75) is 46.0 Å². The molecule has 0 N–H and O–H groups in total. The van der Waals surface area contributed by atoms with Crippen molar-refractivity contribution in [1.82, 2.24) is 9.61 Å². The van der Waals surface area contributed by atoms with Crippen LogP contribution in [-0.2, 0) is 0 Å². The largest absolute Gasteiger partial charge is 0.477 e. The smallest absolute Gasteiger partial charge is 0.215 e. The van der Waals surface area contributed by atoms with Crippen LogP contribution in [0.25, 0.3) is 5.52 Å². The van der Waals surface area contributed by atoms with Crippen LogP contribution in [0.15, 0.2) is 16.6 Å². The SMILES string of the molecule is Cc1cc(OCC2CCCCC2)n2nc(C)c(Br)c2c1. The number of hydrogen-bond acceptors (Lipinski definition) is 2. The van der Waals surface area contributed by atoms with Crippen molar-refractivity contribution in [1.29, 1.82) is 0 Å². The van der Waals surface area contributed by atoms with Gasteiger partial charge in [0.25, 0.3) is 0 Å². The van der Waals surface area contributed by atoms with Gasteiger partial charge in [-0.05, 0) is 60.2 Å². The molecule has 0 unspecified atom stereocenters. The van der Waals surface area contributed by atoms with Crippen LogP contribution in [0.4, 0.5) is 0 Å². The number of hydrogen-bond donors (Lipinski definition) is 0. The first-order valence-corrected chi connectivity index (χ1v) is 8.23. The first-order chi connectivity index (χ1) is 9.65. The highest BCUT2D eigenvalue weighted by atomic mass is 79.9. The first-order valence-electron chi connectivity index (χ1n) is 7.43. The molecule has 2 heterocycles. The van der Waals surface area contributed by atoms with E-state index < -0.39 is 0 Å². The highest BCUT2D eigenvalue weighted by Gasteiger charge is 2.16. The standard InChI is InChI=1S/C16H21BrN2O/c1-11-8-14-16(17)12(2)18-19(14)15(9-11)20-10-13-6-4-3-5-7-13/h8-9,13H,3-7,10H2,1-2H3. The molecule has 0 amide bonds. The highest BCUT2D eigenvalue weighted by Crippen LogP contribution is 2.29. The second kappa shape index (κ2) is 5.76. The van der Waals surface area contributed by atoms with Gasteiger partial charge in [-0.1, -0.05) is 19.3 Å². The van der Waals surface area contributed by atoms with E-state index in [-0.39, 0.29) is 0 Å². The van der Waals surface area contributed by atoms with Crippen LogP contribution in [0.5, 0.6) is 5.88 Å². The Balaban J connectivity index is 1.84. The van der Waals surface area contributed by atoms with Gasteiger partial charge in [0.05, 0.1) is 22.3 Å². The summed E-state index contributed by atoms with van der Waals surface area (Å²) in [6, 6.07) is 4.21. The van der Waals surface area contributed by atoms with Crippen molar-refractivity contribution in [3.05, 3.63) is 27.9 Å². The number of aromatic nitrogens is 2. The minimum absolute atomic E-state index is 0.708. The fourth-order valence-electron chi connectivity index (χ4n) is 2.99. The van der Waals surface area contributed by atoms with E-state index in [1.807, 2.05) is 11.4 Å². The minimum atomic E-state index is 0.708. The molecule has 0 radical (unpaired) electrons. The summed E-state index contributed by atoms with van der Waals surface area (Å²) in [7, 11) is 0. The van der Waals surface area contributed by atoms with Crippen LogP contribution >= 0.6 is 15.9 Å². The van der Waals surface area contributed by atoms with Crippen LogP contribution in [-0.4, -0.2) is 16.2 Å². The van der Waals surface area contributed by atoms with Crippen molar-refractivity contribution in [2.24, 2.45) is 5.92 Å². The van der Waals surface area contributed by atoms with Crippen molar-refractivity contribution >= 4 is 21.4 Å². The fourth-order valence-corrected chi connectivity index (χ4v) is 3.35. The van der Waals surface area contributed by atoms with Crippen LogP contribution < -0.4 is 4.74 Å². The molecule has 3 nitrogen and oxygen atoms in total. The lowest BCUT2D eigenvalue weighted by Gasteiger charge is -2.21. The third kappa shape index (κ3) is 2.71. The summed E-state index contributed by atoms with van der Waals surface area (Å²) in [6.45, 7) is 4.93. The highest BCUT2D eigenvalue weighted by molar-refractivity contribution is 9.10. The molecular weight excluding hydrogens is 316 g/mol. The van der Waals surface area contributed by atoms with Crippen LogP contribution in [0.3, 0.4) is 0 Å². The molecule has 2 aromatic rings. The molecule has 4 heteroatoms. The molecule has 0 bridgehead atoms. The molecule has 0 spiro atoms. The molecule has 0 aliphatic heterocycles. The fraction of sp³-hybridized carbons (Fsp3) is 0.562. The van der Waals surface area contributed by atoms with Gasteiger partial charge in [-0.25, -0.2) is 0 Å². The minimum Gasteiger partial charge on any atom is -0.477 e. The molecule has 0 saturated heterocycles. The van der Waals surface area contributed by atoms with Gasteiger partial charge in [-0.3, -0.25) is 0 Å². The van der Waals surface area contributed by atoms with E-state index in [1.54, 1.807) is 0 Å². The van der Waals surface area contributed by atoms with Crippen molar-refractivity contribution in [3.8, 4) is 5.88 Å². The average molecular weight is 337 g/mol. The Labute approximate surface area is 128 Å². The molecule has 0 atom stereocenters. The number of halogens is 1. The summed E-state index contributed by atoms with van der Waals surface area (Å²) < 4.78 is 9.06. The molecule has 1 saturated carbocycles. The van der Waals surface area contributed by atoms with Gasteiger partial charge in [-0.2, -0.15) is 9.61 Å². The zero-order valence-corrected chi connectivity index (χ0v) is 13.7. The van der Waals surface area contributed by atoms with E-state index in [1.165, 1.54) is 37.7 Å². The lowest BCUT2D eigenvalue weighted by Crippen LogP contribution is -2.16. The number of pyridine rings is 1. The lowest BCUT2D eigenvalue weighted by atomic mass is 9.90. The topological polar surface area (TPSA) is 26.5 Å². The predicted molar refractivity (Wildman–Crippen MR) is 84.4 cm³/mol. The zero-order valence-electron chi connectivity index (χ0n) is 12.2. The number of rotatable bonds is 3. The van der Waals surface area contributed by atoms with Gasteiger partial charge in [0.1, 0.15) is 0 Å². The Hall–Kier alpha value is -1.03. The molecule has 1 aliphatic carbocycles. The quantitative estimate of drug-likeness (QED) is 0.813. The summed E-state index contributed by atoms with van der Waals surface area (Å²) in [5, 5.41) is 4.56. The van der Waals surface area contributed by atoms with Crippen molar-refractivity contribution in [2.75, 3.05) is 6.61 Å². The molecule has 3 rings (SSSR count). The molecule has 0 aromatic carbocycles. The third-order valence-electron chi connectivity index (χ3n) is 4.14. The van der Waals surface area contributed by atoms with Crippen molar-refractivity contribution < 1.29 is 4.74 Å². The van der Waals surface area contributed by atoms with E-state index in [4.69, 9.17) is 4.74 Å². The monoisotopic (exact) mass is 336 g/mol. The first kappa shape index (κ1) is 13.9. The lowest BCUT2D eigenvalue weighted by molar-refractivity contribution is 0.199. The Morgan fingerprint density at radius 3 is 2.75 bits per heavy atom. The second-order valence-corrected chi connectivity index (χ2v) is 6.68. The molecule has 20 heavy (non-hydrogen) atoms. The zero-order chi connectivity index (χ0) is 14.1. The summed E-state index contributed by atoms with van der Waals surface area (Å²) >= 11 is 3.61. The van der Waals surface area contributed by atoms with E-state index in [0.29, 0.717) is 5.92 Å². The maximum atomic E-state index is 6.09. The van der Waals surface area contributed by atoms with E-state index >= 15 is 0 Å². The predicted octanol–water partition coefficient (Wildman–Crippen LogP) is 4.67. The number of nitrogens with zero attached hydrogens (tertiary/aromatic N) is 2. The molecule has 1 aliphatic rings. The van der Waals surface area contributed by atoms with Gasteiger partial charge in [0.2, 0.25) is 5.88 Å². The number of ether oxygens (including phenoxy) is 1. The Morgan fingerprint density at radius 1 is 1.25 bits per heavy atom. The van der Waals surface area contributed by atoms with Gasteiger partial charge in [-0.15, -0.1) is 0 Å². The number of fused-ring (bicyclic) bond motifs is 1. The third-order valence-corrected chi connectivity index (χ3v) is 5.12. The van der Waals surface area contributed by atoms with Crippen LogP contribution in [0.2, 0.25) is 0 Å². The maximum absolute atomic E-state index is 6.09. The van der Waals surface area contributed by atoms with Crippen LogP contribution in [0.1, 0.15) is 43.4 Å². The summed E-state index contributed by atoms with van der Waals surface area (Å²) in [5.74, 6) is 1.57. The van der Waals surface area contributed by atoms with E-state index in [2.05, 4.69) is 40.1 Å². The average Bonchev–Trinajstić information content (AvgIpc) is 2.74. The molecule has 2 aromatic heterocycles. The van der Waals surface area contributed by atoms with E-state index in [0.717, 1.165) is 28.2 Å². The summed E-state index contributed by atoms with van der Waals surface area (Å²) in [5.41, 5.74) is 3.29. The Morgan fingerprint density at radius 2 is 2.00 bits per heavy atom. The van der Waals surface area contributed by atoms with Crippen molar-refractivity contribution in [3.63, 3.8) is 0 Å². The summed E-state index contributed by atoms with van der Waals surface area (Å²) in [4.78, 5) is 0. The van der Waals surface area contributed by atoms with Gasteiger partial charge in [0, 0.05) is 6.07 Å². The van der Waals surface area contributed by atoms with Gasteiger partial charge in [0.15, 0.2) is 0 Å². The van der Waals surface area contributed by atoms with Gasteiger partial charge < -0.3 is 4.74 Å². The van der Waals surface area contributed by atoms with E-state index in [9.17, 15) is 0 Å². The Kier molecular flexibility index (Phi) is 4.01. The Bertz CT molecular complexity index is 614.